The lowest BCUT2D eigenvalue weighted by molar-refractivity contribution is 0.249. The molecule has 0 N–H and O–H groups in total. The van der Waals surface area contributed by atoms with Crippen LogP contribution < -0.4 is 5.56 Å². The van der Waals surface area contributed by atoms with E-state index in [4.69, 9.17) is 0 Å². The number of aryl methyl sites for hydroxylation is 1. The average Bonchev–Trinajstić information content (AvgIpc) is 3.41. The van der Waals surface area contributed by atoms with E-state index in [0.29, 0.717) is 5.78 Å². The Bertz CT molecular complexity index is 1550. The van der Waals surface area contributed by atoms with Crippen LogP contribution in [0.2, 0.25) is 0 Å². The Morgan fingerprint density at radius 1 is 1.09 bits per heavy atom. The third-order valence-electron chi connectivity index (χ3n) is 6.25. The Labute approximate surface area is 199 Å². The Kier molecular flexibility index (Phi) is 5.09. The molecule has 0 saturated carbocycles. The van der Waals surface area contributed by atoms with Gasteiger partial charge in [0.15, 0.2) is 5.16 Å². The quantitative estimate of drug-likeness (QED) is 0.355. The molecule has 1 aliphatic heterocycles. The predicted molar refractivity (Wildman–Crippen MR) is 135 cm³/mol. The molecule has 0 bridgehead atoms. The molecule has 33 heavy (non-hydrogen) atoms. The second kappa shape index (κ2) is 8.13. The van der Waals surface area contributed by atoms with E-state index in [1.165, 1.54) is 16.0 Å². The van der Waals surface area contributed by atoms with Crippen LogP contribution in [0.4, 0.5) is 0 Å². The summed E-state index contributed by atoms with van der Waals surface area (Å²) in [4.78, 5) is 18.6. The maximum Gasteiger partial charge on any atom is 0.268 e. The molecule has 6 nitrogen and oxygen atoms in total. The average molecular weight is 474 g/mol. The number of thiophene rings is 1. The number of hydrogen-bond acceptors (Lipinski definition) is 6. The first kappa shape index (κ1) is 20.7. The first-order valence-electron chi connectivity index (χ1n) is 11.0. The number of aromatic nitrogens is 4. The van der Waals surface area contributed by atoms with Crippen LogP contribution in [-0.4, -0.2) is 36.9 Å². The Morgan fingerprint density at radius 3 is 2.73 bits per heavy atom. The van der Waals surface area contributed by atoms with E-state index in [9.17, 15) is 4.79 Å². The molecule has 0 amide bonds. The van der Waals surface area contributed by atoms with Crippen LogP contribution in [0.1, 0.15) is 21.6 Å². The first-order chi connectivity index (χ1) is 16.1. The topological polar surface area (TPSA) is 55.4 Å². The standard InChI is InChI=1S/C25H23N5OS2/c1-16-7-6-10-18(13-16)29-22(31)21-19-11-12-28(14-17-8-4-3-5-9-17)15-20(19)33-23(21)30-24(29)26-27-25(30)32-2/h3-10,13H,11-12,14-15H2,1-2H3. The summed E-state index contributed by atoms with van der Waals surface area (Å²) >= 11 is 3.26. The number of thioether (sulfide) groups is 1. The van der Waals surface area contributed by atoms with Gasteiger partial charge >= 0.3 is 0 Å². The first-order valence-corrected chi connectivity index (χ1v) is 13.0. The normalized spacial score (nSPS) is 14.2. The molecule has 4 heterocycles. The predicted octanol–water partition coefficient (Wildman–Crippen LogP) is 4.68. The third-order valence-corrected chi connectivity index (χ3v) is 8.08. The molecule has 8 heteroatoms. The maximum absolute atomic E-state index is 13.9. The zero-order valence-electron chi connectivity index (χ0n) is 18.5. The second-order valence-corrected chi connectivity index (χ2v) is 10.3. The molecule has 0 fully saturated rings. The van der Waals surface area contributed by atoms with Crippen LogP contribution in [0.5, 0.6) is 0 Å². The number of rotatable bonds is 4. The molecule has 0 radical (unpaired) electrons. The van der Waals surface area contributed by atoms with Crippen molar-refractivity contribution in [2.24, 2.45) is 0 Å². The van der Waals surface area contributed by atoms with Gasteiger partial charge in [-0.2, -0.15) is 0 Å². The van der Waals surface area contributed by atoms with Crippen LogP contribution in [0, 0.1) is 6.92 Å². The highest BCUT2D eigenvalue weighted by atomic mass is 32.2. The molecule has 0 atom stereocenters. The summed E-state index contributed by atoms with van der Waals surface area (Å²) in [6.07, 6.45) is 2.87. The molecular formula is C25H23N5OS2. The van der Waals surface area contributed by atoms with Crippen molar-refractivity contribution in [1.29, 1.82) is 0 Å². The molecular weight excluding hydrogens is 450 g/mol. The molecule has 166 valence electrons. The SMILES string of the molecule is CSc1nnc2n(-c3cccc(C)c3)c(=O)c3c4c(sc3n12)CN(Cc1ccccc1)CC4. The van der Waals surface area contributed by atoms with Gasteiger partial charge in [0.1, 0.15) is 4.83 Å². The molecule has 2 aromatic carbocycles. The molecule has 0 spiro atoms. The van der Waals surface area contributed by atoms with Crippen LogP contribution in [0.3, 0.4) is 0 Å². The van der Waals surface area contributed by atoms with E-state index in [0.717, 1.165) is 52.7 Å². The Balaban J connectivity index is 1.55. The smallest absolute Gasteiger partial charge is 0.268 e. The lowest BCUT2D eigenvalue weighted by atomic mass is 10.0. The maximum atomic E-state index is 13.9. The highest BCUT2D eigenvalue weighted by Crippen LogP contribution is 2.36. The van der Waals surface area contributed by atoms with E-state index >= 15 is 0 Å². The van der Waals surface area contributed by atoms with Gasteiger partial charge in [-0.1, -0.05) is 54.2 Å². The minimum absolute atomic E-state index is 0.00263. The van der Waals surface area contributed by atoms with Gasteiger partial charge in [-0.3, -0.25) is 9.69 Å². The summed E-state index contributed by atoms with van der Waals surface area (Å²) in [5.74, 6) is 0.571. The van der Waals surface area contributed by atoms with Crippen molar-refractivity contribution in [3.63, 3.8) is 0 Å². The number of fused-ring (bicyclic) bond motifs is 5. The van der Waals surface area contributed by atoms with E-state index in [2.05, 4.69) is 49.8 Å². The van der Waals surface area contributed by atoms with E-state index in [1.54, 1.807) is 27.7 Å². The van der Waals surface area contributed by atoms with Crippen LogP contribution in [0.15, 0.2) is 64.5 Å². The van der Waals surface area contributed by atoms with Gasteiger partial charge in [0, 0.05) is 24.5 Å². The lowest BCUT2D eigenvalue weighted by Gasteiger charge is -2.26. The Hall–Kier alpha value is -2.94. The van der Waals surface area contributed by atoms with E-state index < -0.39 is 0 Å². The van der Waals surface area contributed by atoms with Crippen LogP contribution in [-0.2, 0) is 19.5 Å². The number of hydrogen-bond donors (Lipinski definition) is 0. The summed E-state index contributed by atoms with van der Waals surface area (Å²) in [5, 5.41) is 10.5. The monoisotopic (exact) mass is 473 g/mol. The van der Waals surface area contributed by atoms with Crippen molar-refractivity contribution >= 4 is 39.1 Å². The third kappa shape index (κ3) is 3.40. The largest absolute Gasteiger partial charge is 0.294 e. The van der Waals surface area contributed by atoms with Gasteiger partial charge in [-0.25, -0.2) is 8.97 Å². The van der Waals surface area contributed by atoms with Gasteiger partial charge in [0.2, 0.25) is 5.78 Å². The summed E-state index contributed by atoms with van der Waals surface area (Å²) in [6, 6.07) is 18.6. The summed E-state index contributed by atoms with van der Waals surface area (Å²) in [6.45, 7) is 4.74. The van der Waals surface area contributed by atoms with Crippen molar-refractivity contribution in [3.05, 3.63) is 86.5 Å². The lowest BCUT2D eigenvalue weighted by Crippen LogP contribution is -2.30. The minimum Gasteiger partial charge on any atom is -0.294 e. The fraction of sp³-hybridized carbons (Fsp3) is 0.240. The van der Waals surface area contributed by atoms with E-state index in [-0.39, 0.29) is 5.56 Å². The highest BCUT2D eigenvalue weighted by Gasteiger charge is 2.27. The van der Waals surface area contributed by atoms with Crippen LogP contribution >= 0.6 is 23.1 Å². The molecule has 0 aliphatic carbocycles. The van der Waals surface area contributed by atoms with Gasteiger partial charge in [0.25, 0.3) is 5.56 Å². The van der Waals surface area contributed by atoms with Crippen LogP contribution in [0.25, 0.3) is 21.7 Å². The zero-order chi connectivity index (χ0) is 22.5. The fourth-order valence-electron chi connectivity index (χ4n) is 4.72. The second-order valence-electron chi connectivity index (χ2n) is 8.43. The van der Waals surface area contributed by atoms with Crippen molar-refractivity contribution in [2.75, 3.05) is 12.8 Å². The minimum atomic E-state index is -0.00263. The van der Waals surface area contributed by atoms with Crippen molar-refractivity contribution in [3.8, 4) is 5.69 Å². The Morgan fingerprint density at radius 2 is 1.94 bits per heavy atom. The molecule has 6 rings (SSSR count). The number of benzene rings is 2. The van der Waals surface area contributed by atoms with Crippen molar-refractivity contribution in [1.82, 2.24) is 24.1 Å². The van der Waals surface area contributed by atoms with Crippen molar-refractivity contribution < 1.29 is 0 Å². The molecule has 0 saturated heterocycles. The van der Waals surface area contributed by atoms with Gasteiger partial charge in [-0.05, 0) is 48.4 Å². The summed E-state index contributed by atoms with van der Waals surface area (Å²) in [7, 11) is 0. The fourth-order valence-corrected chi connectivity index (χ4v) is 6.63. The molecule has 5 aromatic rings. The molecule has 1 aliphatic rings. The van der Waals surface area contributed by atoms with Crippen molar-refractivity contribution in [2.45, 2.75) is 31.6 Å². The summed E-state index contributed by atoms with van der Waals surface area (Å²) in [5.41, 5.74) is 4.43. The zero-order valence-corrected chi connectivity index (χ0v) is 20.1. The molecule has 3 aromatic heterocycles. The van der Waals surface area contributed by atoms with Gasteiger partial charge in [-0.15, -0.1) is 21.5 Å². The van der Waals surface area contributed by atoms with Gasteiger partial charge < -0.3 is 0 Å². The van der Waals surface area contributed by atoms with E-state index in [1.807, 2.05) is 37.4 Å². The highest BCUT2D eigenvalue weighted by molar-refractivity contribution is 7.98. The van der Waals surface area contributed by atoms with Gasteiger partial charge in [0.05, 0.1) is 11.1 Å². The summed E-state index contributed by atoms with van der Waals surface area (Å²) < 4.78 is 3.79. The number of nitrogens with zero attached hydrogens (tertiary/aromatic N) is 5. The molecule has 0 unspecified atom stereocenters.